The summed E-state index contributed by atoms with van der Waals surface area (Å²) in [6, 6.07) is 0.759. The molecule has 1 aliphatic heterocycles. The molecule has 0 bridgehead atoms. The third-order valence-electron chi connectivity index (χ3n) is 3.84. The molecule has 0 aromatic carbocycles. The molecule has 1 aromatic heterocycles. The first-order valence-electron chi connectivity index (χ1n) is 7.25. The summed E-state index contributed by atoms with van der Waals surface area (Å²) in [5.74, 6) is 0. The van der Waals surface area contributed by atoms with Crippen LogP contribution in [0.2, 0.25) is 0 Å². The highest BCUT2D eigenvalue weighted by Gasteiger charge is 2.22. The Hall–Kier alpha value is -0.650. The van der Waals surface area contributed by atoms with Crippen LogP contribution in [0.15, 0.2) is 0 Å². The topological polar surface area (TPSA) is 37.4 Å². The number of nitrogens with zero attached hydrogens (tertiary/aromatic N) is 2. The quantitative estimate of drug-likeness (QED) is 0.868. The number of aryl methyl sites for hydroxylation is 1. The Morgan fingerprint density at radius 2 is 2.26 bits per heavy atom. The number of nitrogens with one attached hydrogen (secondary N) is 1. The van der Waals surface area contributed by atoms with Gasteiger partial charge < -0.3 is 15.0 Å². The third kappa shape index (κ3) is 3.46. The van der Waals surface area contributed by atoms with Crippen molar-refractivity contribution in [1.29, 1.82) is 0 Å². The largest absolute Gasteiger partial charge is 0.376 e. The Balaban J connectivity index is 1.57. The Morgan fingerprint density at radius 1 is 1.42 bits per heavy atom. The first kappa shape index (κ1) is 13.3. The van der Waals surface area contributed by atoms with Gasteiger partial charge in [-0.05, 0) is 32.6 Å². The number of thiazole rings is 1. The van der Waals surface area contributed by atoms with E-state index in [2.05, 4.69) is 24.2 Å². The van der Waals surface area contributed by atoms with Gasteiger partial charge in [-0.15, -0.1) is 11.3 Å². The minimum atomic E-state index is 0.391. The number of hydrogen-bond acceptors (Lipinski definition) is 5. The molecule has 1 N–H and O–H groups in total. The molecule has 1 atom stereocenters. The molecule has 4 nitrogen and oxygen atoms in total. The van der Waals surface area contributed by atoms with Crippen molar-refractivity contribution in [2.45, 2.75) is 51.3 Å². The highest BCUT2D eigenvalue weighted by Crippen LogP contribution is 2.27. The zero-order valence-electron chi connectivity index (χ0n) is 11.8. The van der Waals surface area contributed by atoms with Crippen molar-refractivity contribution in [2.24, 2.45) is 0 Å². The molecule has 1 saturated carbocycles. The number of rotatable bonds is 6. The fourth-order valence-corrected chi connectivity index (χ4v) is 3.42. The Kier molecular flexibility index (Phi) is 4.05. The third-order valence-corrected chi connectivity index (χ3v) is 5.11. The summed E-state index contributed by atoms with van der Waals surface area (Å²) in [4.78, 5) is 8.32. The predicted molar refractivity (Wildman–Crippen MR) is 79.0 cm³/mol. The zero-order chi connectivity index (χ0) is 13.2. The molecule has 0 amide bonds. The van der Waals surface area contributed by atoms with Crippen LogP contribution in [0.4, 0.5) is 5.13 Å². The van der Waals surface area contributed by atoms with E-state index in [1.165, 1.54) is 36.3 Å². The van der Waals surface area contributed by atoms with Crippen LogP contribution in [0, 0.1) is 6.92 Å². The second-order valence-corrected chi connectivity index (χ2v) is 6.74. The number of ether oxygens (including phenoxy) is 1. The molecule has 1 aliphatic carbocycles. The Bertz CT molecular complexity index is 424. The van der Waals surface area contributed by atoms with Gasteiger partial charge in [-0.25, -0.2) is 4.98 Å². The Morgan fingerprint density at radius 3 is 2.95 bits per heavy atom. The monoisotopic (exact) mass is 281 g/mol. The van der Waals surface area contributed by atoms with Crippen molar-refractivity contribution in [2.75, 3.05) is 25.1 Å². The second-order valence-electron chi connectivity index (χ2n) is 5.68. The first-order valence-corrected chi connectivity index (χ1v) is 8.06. The lowest BCUT2D eigenvalue weighted by molar-refractivity contribution is 0.116. The van der Waals surface area contributed by atoms with Crippen LogP contribution >= 0.6 is 11.3 Å². The van der Waals surface area contributed by atoms with Crippen molar-refractivity contribution >= 4 is 16.5 Å². The maximum atomic E-state index is 5.69. The van der Waals surface area contributed by atoms with Gasteiger partial charge in [0, 0.05) is 37.7 Å². The average molecular weight is 281 g/mol. The fraction of sp³-hybridized carbons (Fsp3) is 0.786. The average Bonchev–Trinajstić information content (AvgIpc) is 2.93. The molecular weight excluding hydrogens is 258 g/mol. The van der Waals surface area contributed by atoms with Gasteiger partial charge in [0.2, 0.25) is 0 Å². The van der Waals surface area contributed by atoms with Crippen LogP contribution in [0.1, 0.15) is 36.3 Å². The zero-order valence-corrected chi connectivity index (χ0v) is 12.6. The summed E-state index contributed by atoms with van der Waals surface area (Å²) in [6.07, 6.45) is 5.45. The van der Waals surface area contributed by atoms with E-state index < -0.39 is 0 Å². The first-order chi connectivity index (χ1) is 9.22. The van der Waals surface area contributed by atoms with Crippen molar-refractivity contribution in [1.82, 2.24) is 10.3 Å². The summed E-state index contributed by atoms with van der Waals surface area (Å²) in [7, 11) is 2.12. The van der Waals surface area contributed by atoms with E-state index in [-0.39, 0.29) is 0 Å². The van der Waals surface area contributed by atoms with E-state index in [9.17, 15) is 0 Å². The molecule has 2 fully saturated rings. The molecule has 106 valence electrons. The van der Waals surface area contributed by atoms with Gasteiger partial charge in [0.15, 0.2) is 5.13 Å². The second kappa shape index (κ2) is 5.77. The summed E-state index contributed by atoms with van der Waals surface area (Å²) < 4.78 is 5.69. The minimum absolute atomic E-state index is 0.391. The van der Waals surface area contributed by atoms with Crippen LogP contribution in [-0.4, -0.2) is 37.3 Å². The normalized spacial score (nSPS) is 22.9. The standard InChI is InChI=1S/C14H23N3OS/c1-10-13(8-15-11-5-6-11)19-14(16-10)17(2)9-12-4-3-7-18-12/h11-12,15H,3-9H2,1-2H3. The van der Waals surface area contributed by atoms with Crippen molar-refractivity contribution in [3.8, 4) is 0 Å². The van der Waals surface area contributed by atoms with Crippen molar-refractivity contribution < 1.29 is 4.74 Å². The molecule has 0 spiro atoms. The maximum Gasteiger partial charge on any atom is 0.185 e. The molecular formula is C14H23N3OS. The number of aromatic nitrogens is 1. The molecule has 5 heteroatoms. The summed E-state index contributed by atoms with van der Waals surface area (Å²) >= 11 is 1.82. The molecule has 2 heterocycles. The van der Waals surface area contributed by atoms with Crippen LogP contribution in [0.5, 0.6) is 0 Å². The van der Waals surface area contributed by atoms with Gasteiger partial charge in [0.05, 0.1) is 11.8 Å². The van der Waals surface area contributed by atoms with E-state index in [0.717, 1.165) is 30.9 Å². The number of hydrogen-bond donors (Lipinski definition) is 1. The van der Waals surface area contributed by atoms with Gasteiger partial charge in [-0.1, -0.05) is 0 Å². The highest BCUT2D eigenvalue weighted by atomic mass is 32.1. The lowest BCUT2D eigenvalue weighted by Crippen LogP contribution is -2.28. The molecule has 3 rings (SSSR count). The van der Waals surface area contributed by atoms with E-state index in [1.807, 2.05) is 11.3 Å². The van der Waals surface area contributed by atoms with Crippen LogP contribution in [0.3, 0.4) is 0 Å². The van der Waals surface area contributed by atoms with Crippen molar-refractivity contribution in [3.05, 3.63) is 10.6 Å². The van der Waals surface area contributed by atoms with Crippen molar-refractivity contribution in [3.63, 3.8) is 0 Å². The molecule has 2 aliphatic rings. The lowest BCUT2D eigenvalue weighted by Gasteiger charge is -2.19. The maximum absolute atomic E-state index is 5.69. The summed E-state index contributed by atoms with van der Waals surface area (Å²) in [6.45, 7) is 4.97. The van der Waals surface area contributed by atoms with Crippen LogP contribution < -0.4 is 10.2 Å². The van der Waals surface area contributed by atoms with Crippen LogP contribution in [0.25, 0.3) is 0 Å². The van der Waals surface area contributed by atoms with E-state index in [0.29, 0.717) is 6.10 Å². The van der Waals surface area contributed by atoms with Gasteiger partial charge >= 0.3 is 0 Å². The molecule has 0 radical (unpaired) electrons. The minimum Gasteiger partial charge on any atom is -0.376 e. The fourth-order valence-electron chi connectivity index (χ4n) is 2.44. The van der Waals surface area contributed by atoms with Gasteiger partial charge in [-0.3, -0.25) is 0 Å². The predicted octanol–water partition coefficient (Wildman–Crippen LogP) is 2.32. The molecule has 1 saturated heterocycles. The van der Waals surface area contributed by atoms with E-state index in [4.69, 9.17) is 9.72 Å². The van der Waals surface area contributed by atoms with Gasteiger partial charge in [0.25, 0.3) is 0 Å². The molecule has 19 heavy (non-hydrogen) atoms. The number of likely N-dealkylation sites (N-methyl/N-ethyl adjacent to an activating group) is 1. The lowest BCUT2D eigenvalue weighted by atomic mass is 10.2. The van der Waals surface area contributed by atoms with Crippen LogP contribution in [-0.2, 0) is 11.3 Å². The SMILES string of the molecule is Cc1nc(N(C)CC2CCCO2)sc1CNC1CC1. The molecule has 1 aromatic rings. The van der Waals surface area contributed by atoms with E-state index >= 15 is 0 Å². The number of anilines is 1. The summed E-state index contributed by atoms with van der Waals surface area (Å²) in [5.41, 5.74) is 1.17. The smallest absolute Gasteiger partial charge is 0.185 e. The van der Waals surface area contributed by atoms with E-state index in [1.54, 1.807) is 0 Å². The highest BCUT2D eigenvalue weighted by molar-refractivity contribution is 7.15. The summed E-state index contributed by atoms with van der Waals surface area (Å²) in [5, 5.41) is 4.69. The van der Waals surface area contributed by atoms with Gasteiger partial charge in [-0.2, -0.15) is 0 Å². The Labute approximate surface area is 119 Å². The van der Waals surface area contributed by atoms with Gasteiger partial charge in [0.1, 0.15) is 0 Å². The molecule has 1 unspecified atom stereocenters.